The smallest absolute Gasteiger partial charge is 0.126 e. The molecule has 1 aliphatic rings. The molecule has 0 spiro atoms. The predicted molar refractivity (Wildman–Crippen MR) is 58.1 cm³/mol. The van der Waals surface area contributed by atoms with Gasteiger partial charge in [0.1, 0.15) is 5.75 Å². The maximum atomic E-state index is 5.34. The van der Waals surface area contributed by atoms with E-state index >= 15 is 0 Å². The number of benzene rings is 1. The van der Waals surface area contributed by atoms with Gasteiger partial charge in [0.2, 0.25) is 0 Å². The Morgan fingerprint density at radius 3 is 2.79 bits per heavy atom. The number of allylic oxidation sites excluding steroid dienone is 2. The van der Waals surface area contributed by atoms with Gasteiger partial charge >= 0.3 is 0 Å². The van der Waals surface area contributed by atoms with Gasteiger partial charge in [-0.2, -0.15) is 0 Å². The van der Waals surface area contributed by atoms with Crippen LogP contribution in [0.1, 0.15) is 31.2 Å². The molecule has 0 aliphatic heterocycles. The van der Waals surface area contributed by atoms with Gasteiger partial charge in [-0.3, -0.25) is 0 Å². The van der Waals surface area contributed by atoms with E-state index in [1.807, 2.05) is 12.1 Å². The third-order valence-corrected chi connectivity index (χ3v) is 2.62. The van der Waals surface area contributed by atoms with E-state index in [1.54, 1.807) is 7.11 Å². The van der Waals surface area contributed by atoms with Gasteiger partial charge in [-0.1, -0.05) is 18.2 Å². The fourth-order valence-corrected chi connectivity index (χ4v) is 1.88. The Morgan fingerprint density at radius 1 is 1.21 bits per heavy atom. The highest BCUT2D eigenvalue weighted by Crippen LogP contribution is 2.31. The zero-order chi connectivity index (χ0) is 9.80. The molecule has 1 nitrogen and oxygen atoms in total. The van der Waals surface area contributed by atoms with Crippen LogP contribution in [0.2, 0.25) is 0 Å². The maximum absolute atomic E-state index is 5.34. The van der Waals surface area contributed by atoms with E-state index in [-0.39, 0.29) is 0 Å². The monoisotopic (exact) mass is 187 g/mol. The highest BCUT2D eigenvalue weighted by Gasteiger charge is 2.10. The zero-order valence-corrected chi connectivity index (χ0v) is 8.55. The maximum Gasteiger partial charge on any atom is 0.126 e. The minimum Gasteiger partial charge on any atom is -0.496 e. The summed E-state index contributed by atoms with van der Waals surface area (Å²) in [5.41, 5.74) is 2.54. The Balaban J connectivity index is 2.34. The van der Waals surface area contributed by atoms with E-state index < -0.39 is 0 Å². The third kappa shape index (κ3) is 1.82. The highest BCUT2D eigenvalue weighted by molar-refractivity contribution is 5.69. The topological polar surface area (TPSA) is 9.23 Å². The van der Waals surface area contributed by atoms with Crippen molar-refractivity contribution in [2.24, 2.45) is 0 Å². The Kier molecular flexibility index (Phi) is 2.87. The van der Waals surface area contributed by atoms with Crippen LogP contribution >= 0.6 is 0 Å². The van der Waals surface area contributed by atoms with Crippen LogP contribution < -0.4 is 4.74 Å². The highest BCUT2D eigenvalue weighted by atomic mass is 16.5. The first-order valence-electron chi connectivity index (χ1n) is 5.15. The van der Waals surface area contributed by atoms with Crippen LogP contribution in [0.15, 0.2) is 24.3 Å². The number of rotatable bonds is 2. The van der Waals surface area contributed by atoms with E-state index in [2.05, 4.69) is 18.2 Å². The van der Waals surface area contributed by atoms with Crippen molar-refractivity contribution in [1.29, 1.82) is 0 Å². The molecule has 1 radical (unpaired) electrons. The Labute approximate surface area is 85.4 Å². The summed E-state index contributed by atoms with van der Waals surface area (Å²) in [6.07, 6.45) is 8.23. The molecule has 2 rings (SSSR count). The first-order chi connectivity index (χ1) is 6.92. The van der Waals surface area contributed by atoms with Crippen molar-refractivity contribution in [1.82, 2.24) is 0 Å². The van der Waals surface area contributed by atoms with Crippen molar-refractivity contribution in [3.8, 4) is 5.75 Å². The largest absolute Gasteiger partial charge is 0.496 e. The Morgan fingerprint density at radius 2 is 2.07 bits per heavy atom. The standard InChI is InChI=1S/C13H15O/c1-14-13-10-6-5-9-12(13)11-7-3-2-4-8-11/h5-6,9-10H,2-4,7H2,1H3. The fraction of sp³-hybridized carbons (Fsp3) is 0.385. The van der Waals surface area contributed by atoms with Gasteiger partial charge in [-0.05, 0) is 43.4 Å². The molecule has 1 heteroatoms. The van der Waals surface area contributed by atoms with Crippen LogP contribution in [-0.2, 0) is 0 Å². The summed E-state index contributed by atoms with van der Waals surface area (Å²) < 4.78 is 5.34. The number of hydrogen-bond donors (Lipinski definition) is 0. The van der Waals surface area contributed by atoms with Gasteiger partial charge in [0.05, 0.1) is 7.11 Å². The molecule has 0 amide bonds. The van der Waals surface area contributed by atoms with Crippen molar-refractivity contribution < 1.29 is 4.74 Å². The van der Waals surface area contributed by atoms with Crippen LogP contribution in [0.5, 0.6) is 5.75 Å². The molecule has 1 aromatic carbocycles. The second kappa shape index (κ2) is 4.32. The molecule has 0 unspecified atom stereocenters. The molecule has 0 saturated heterocycles. The molecule has 0 fully saturated rings. The molecule has 0 saturated carbocycles. The van der Waals surface area contributed by atoms with Crippen LogP contribution in [0, 0.1) is 6.08 Å². The third-order valence-electron chi connectivity index (χ3n) is 2.62. The van der Waals surface area contributed by atoms with Crippen molar-refractivity contribution in [3.05, 3.63) is 35.9 Å². The Hall–Kier alpha value is -1.24. The van der Waals surface area contributed by atoms with Gasteiger partial charge in [0, 0.05) is 5.56 Å². The lowest BCUT2D eigenvalue weighted by Gasteiger charge is -2.14. The minimum absolute atomic E-state index is 0.969. The average molecular weight is 187 g/mol. The SMILES string of the molecule is COc1ccccc1C1=[C]CCCC1. The van der Waals surface area contributed by atoms with Gasteiger partial charge in [-0.25, -0.2) is 0 Å². The molecule has 73 valence electrons. The summed E-state index contributed by atoms with van der Waals surface area (Å²) in [4.78, 5) is 0. The fourth-order valence-electron chi connectivity index (χ4n) is 1.88. The lowest BCUT2D eigenvalue weighted by Crippen LogP contribution is -1.95. The van der Waals surface area contributed by atoms with Crippen molar-refractivity contribution in [2.75, 3.05) is 7.11 Å². The van der Waals surface area contributed by atoms with Crippen LogP contribution in [-0.4, -0.2) is 7.11 Å². The quantitative estimate of drug-likeness (QED) is 0.689. The van der Waals surface area contributed by atoms with Gasteiger partial charge in [0.15, 0.2) is 0 Å². The second-order valence-electron chi connectivity index (χ2n) is 3.56. The summed E-state index contributed by atoms with van der Waals surface area (Å²) in [5, 5.41) is 0. The van der Waals surface area contributed by atoms with Crippen LogP contribution in [0.4, 0.5) is 0 Å². The molecule has 0 bridgehead atoms. The lowest BCUT2D eigenvalue weighted by atomic mass is 9.93. The van der Waals surface area contributed by atoms with Crippen LogP contribution in [0.25, 0.3) is 5.57 Å². The number of hydrogen-bond acceptors (Lipinski definition) is 1. The van der Waals surface area contributed by atoms with Gasteiger partial charge < -0.3 is 4.74 Å². The van der Waals surface area contributed by atoms with Crippen molar-refractivity contribution >= 4 is 5.57 Å². The molecular weight excluding hydrogens is 172 g/mol. The molecule has 0 N–H and O–H groups in total. The normalized spacial score (nSPS) is 16.2. The molecule has 0 heterocycles. The van der Waals surface area contributed by atoms with E-state index in [0.29, 0.717) is 0 Å². The van der Waals surface area contributed by atoms with Crippen LogP contribution in [0.3, 0.4) is 0 Å². The molecule has 0 aromatic heterocycles. The second-order valence-corrected chi connectivity index (χ2v) is 3.56. The first-order valence-corrected chi connectivity index (χ1v) is 5.15. The van der Waals surface area contributed by atoms with E-state index in [9.17, 15) is 0 Å². The predicted octanol–water partition coefficient (Wildman–Crippen LogP) is 3.46. The van der Waals surface area contributed by atoms with E-state index in [4.69, 9.17) is 4.74 Å². The molecule has 1 aliphatic carbocycles. The van der Waals surface area contributed by atoms with Gasteiger partial charge in [-0.15, -0.1) is 0 Å². The zero-order valence-electron chi connectivity index (χ0n) is 8.55. The minimum atomic E-state index is 0.969. The summed E-state index contributed by atoms with van der Waals surface area (Å²) in [6, 6.07) is 8.19. The number of methoxy groups -OCH3 is 1. The molecule has 0 atom stereocenters. The summed E-state index contributed by atoms with van der Waals surface area (Å²) >= 11 is 0. The first kappa shape index (κ1) is 9.32. The lowest BCUT2D eigenvalue weighted by molar-refractivity contribution is 0.413. The summed E-state index contributed by atoms with van der Waals surface area (Å²) in [6.45, 7) is 0. The number of para-hydroxylation sites is 1. The average Bonchev–Trinajstić information content (AvgIpc) is 2.30. The Bertz CT molecular complexity index is 339. The van der Waals surface area contributed by atoms with E-state index in [0.717, 1.165) is 18.6 Å². The van der Waals surface area contributed by atoms with Crippen molar-refractivity contribution in [3.63, 3.8) is 0 Å². The molecule has 1 aromatic rings. The molecule has 14 heavy (non-hydrogen) atoms. The van der Waals surface area contributed by atoms with Gasteiger partial charge in [0.25, 0.3) is 0 Å². The molecular formula is C13H15O. The number of ether oxygens (including phenoxy) is 1. The van der Waals surface area contributed by atoms with Crippen molar-refractivity contribution in [2.45, 2.75) is 25.7 Å². The summed E-state index contributed by atoms with van der Waals surface area (Å²) in [7, 11) is 1.72. The van der Waals surface area contributed by atoms with E-state index in [1.165, 1.54) is 24.0 Å². The summed E-state index contributed by atoms with van der Waals surface area (Å²) in [5.74, 6) is 0.969.